The molecule has 0 aliphatic rings. The normalized spacial score (nSPS) is 12.0. The Morgan fingerprint density at radius 2 is 1.83 bits per heavy atom. The molecule has 1 aromatic heterocycles. The van der Waals surface area contributed by atoms with Gasteiger partial charge < -0.3 is 14.6 Å². The second-order valence-corrected chi connectivity index (χ2v) is 6.11. The molecule has 1 atom stereocenters. The lowest BCUT2D eigenvalue weighted by Gasteiger charge is -2.24. The zero-order valence-electron chi connectivity index (χ0n) is 14.1. The van der Waals surface area contributed by atoms with Crippen molar-refractivity contribution in [1.29, 1.82) is 0 Å². The Bertz CT molecular complexity index is 780. The van der Waals surface area contributed by atoms with Gasteiger partial charge in [0.05, 0.1) is 6.10 Å². The SMILES string of the molecule is CC(C)OC(=O)C(C)N(C)C(=O)c1c[nH]c(=S)n1-c1ccccc1. The summed E-state index contributed by atoms with van der Waals surface area (Å²) in [5.41, 5.74) is 1.14. The quantitative estimate of drug-likeness (QED) is 0.667. The molecule has 0 spiro atoms. The molecule has 0 bridgehead atoms. The largest absolute Gasteiger partial charge is 0.461 e. The molecule has 24 heavy (non-hydrogen) atoms. The van der Waals surface area contributed by atoms with E-state index in [9.17, 15) is 9.59 Å². The van der Waals surface area contributed by atoms with Gasteiger partial charge >= 0.3 is 5.97 Å². The van der Waals surface area contributed by atoms with Crippen molar-refractivity contribution in [3.05, 3.63) is 47.0 Å². The average Bonchev–Trinajstić information content (AvgIpc) is 2.94. The van der Waals surface area contributed by atoms with Gasteiger partial charge in [0.25, 0.3) is 5.91 Å². The van der Waals surface area contributed by atoms with E-state index in [2.05, 4.69) is 4.98 Å². The van der Waals surface area contributed by atoms with Crippen molar-refractivity contribution < 1.29 is 14.3 Å². The van der Waals surface area contributed by atoms with Crippen LogP contribution in [-0.4, -0.2) is 45.5 Å². The van der Waals surface area contributed by atoms with E-state index in [0.717, 1.165) is 5.69 Å². The highest BCUT2D eigenvalue weighted by atomic mass is 32.1. The number of hydrogen-bond donors (Lipinski definition) is 1. The van der Waals surface area contributed by atoms with Crippen molar-refractivity contribution in [2.24, 2.45) is 0 Å². The summed E-state index contributed by atoms with van der Waals surface area (Å²) < 4.78 is 7.23. The maximum Gasteiger partial charge on any atom is 0.328 e. The van der Waals surface area contributed by atoms with Gasteiger partial charge in [0, 0.05) is 18.9 Å². The van der Waals surface area contributed by atoms with Crippen LogP contribution in [0.5, 0.6) is 0 Å². The number of hydrogen-bond acceptors (Lipinski definition) is 4. The average molecular weight is 347 g/mol. The molecule has 0 aliphatic carbocycles. The highest BCUT2D eigenvalue weighted by molar-refractivity contribution is 7.71. The van der Waals surface area contributed by atoms with Crippen LogP contribution in [-0.2, 0) is 9.53 Å². The molecule has 128 valence electrons. The number of aromatic amines is 1. The Hall–Kier alpha value is -2.41. The molecule has 0 saturated carbocycles. The summed E-state index contributed by atoms with van der Waals surface area (Å²) >= 11 is 5.28. The zero-order chi connectivity index (χ0) is 17.9. The van der Waals surface area contributed by atoms with Crippen molar-refractivity contribution in [2.45, 2.75) is 32.9 Å². The van der Waals surface area contributed by atoms with E-state index >= 15 is 0 Å². The predicted molar refractivity (Wildman–Crippen MR) is 93.7 cm³/mol. The van der Waals surface area contributed by atoms with E-state index in [1.54, 1.807) is 38.6 Å². The minimum absolute atomic E-state index is 0.232. The van der Waals surface area contributed by atoms with Crippen LogP contribution in [0.1, 0.15) is 31.3 Å². The molecule has 2 aromatic rings. The molecule has 7 heteroatoms. The minimum atomic E-state index is -0.701. The predicted octanol–water partition coefficient (Wildman–Crippen LogP) is 2.95. The molecule has 0 aliphatic heterocycles. The summed E-state index contributed by atoms with van der Waals surface area (Å²) in [6.45, 7) is 5.17. The van der Waals surface area contributed by atoms with Crippen molar-refractivity contribution in [1.82, 2.24) is 14.5 Å². The molecule has 1 aromatic carbocycles. The van der Waals surface area contributed by atoms with Crippen LogP contribution in [0.3, 0.4) is 0 Å². The maximum absolute atomic E-state index is 12.8. The first kappa shape index (κ1) is 17.9. The molecule has 2 rings (SSSR count). The molecular formula is C17H21N3O3S. The van der Waals surface area contributed by atoms with Crippen LogP contribution in [0, 0.1) is 4.77 Å². The minimum Gasteiger partial charge on any atom is -0.461 e. The monoisotopic (exact) mass is 347 g/mol. The number of imidazole rings is 1. The number of nitrogens with zero attached hydrogens (tertiary/aromatic N) is 2. The number of benzene rings is 1. The number of ether oxygens (including phenoxy) is 1. The third kappa shape index (κ3) is 3.73. The van der Waals surface area contributed by atoms with E-state index in [1.165, 1.54) is 4.90 Å². The van der Waals surface area contributed by atoms with E-state index < -0.39 is 12.0 Å². The van der Waals surface area contributed by atoms with Gasteiger partial charge in [0.1, 0.15) is 11.7 Å². The number of likely N-dealkylation sites (N-methyl/N-ethyl adjacent to an activating group) is 1. The highest BCUT2D eigenvalue weighted by Crippen LogP contribution is 2.15. The summed E-state index contributed by atoms with van der Waals surface area (Å²) in [6.07, 6.45) is 1.32. The Morgan fingerprint density at radius 3 is 2.42 bits per heavy atom. The molecule has 1 unspecified atom stereocenters. The molecular weight excluding hydrogens is 326 g/mol. The second kappa shape index (κ2) is 7.44. The zero-order valence-corrected chi connectivity index (χ0v) is 15.0. The molecule has 1 heterocycles. The Labute approximate surface area is 146 Å². The number of carbonyl (C=O) groups is 2. The van der Waals surface area contributed by atoms with Crippen LogP contribution in [0.25, 0.3) is 5.69 Å². The number of esters is 1. The molecule has 1 amide bonds. The molecule has 6 nitrogen and oxygen atoms in total. The van der Waals surface area contributed by atoms with E-state index in [0.29, 0.717) is 10.5 Å². The number of amides is 1. The number of aromatic nitrogens is 2. The summed E-state index contributed by atoms with van der Waals surface area (Å²) in [5, 5.41) is 0. The van der Waals surface area contributed by atoms with Crippen LogP contribution in [0.2, 0.25) is 0 Å². The lowest BCUT2D eigenvalue weighted by Crippen LogP contribution is -2.42. The third-order valence-corrected chi connectivity index (χ3v) is 3.90. The number of para-hydroxylation sites is 1. The fourth-order valence-electron chi connectivity index (χ4n) is 2.20. The lowest BCUT2D eigenvalue weighted by molar-refractivity contribution is -0.151. The summed E-state index contributed by atoms with van der Waals surface area (Å²) in [4.78, 5) is 29.1. The number of carbonyl (C=O) groups excluding carboxylic acids is 2. The maximum atomic E-state index is 12.8. The van der Waals surface area contributed by atoms with Crippen molar-refractivity contribution in [3.63, 3.8) is 0 Å². The van der Waals surface area contributed by atoms with Crippen LogP contribution < -0.4 is 0 Å². The van der Waals surface area contributed by atoms with Crippen LogP contribution in [0.4, 0.5) is 0 Å². The summed E-state index contributed by atoms with van der Waals surface area (Å²) in [7, 11) is 1.57. The van der Waals surface area contributed by atoms with Gasteiger partial charge in [-0.15, -0.1) is 0 Å². The summed E-state index contributed by atoms with van der Waals surface area (Å²) in [6, 6.07) is 8.63. The van der Waals surface area contributed by atoms with Crippen molar-refractivity contribution >= 4 is 24.1 Å². The van der Waals surface area contributed by atoms with Crippen molar-refractivity contribution in [2.75, 3.05) is 7.05 Å². The number of H-pyrrole nitrogens is 1. The first-order chi connectivity index (χ1) is 11.3. The number of nitrogens with one attached hydrogen (secondary N) is 1. The van der Waals surface area contributed by atoms with Gasteiger partial charge in [0.15, 0.2) is 4.77 Å². The Balaban J connectivity index is 2.31. The third-order valence-electron chi connectivity index (χ3n) is 3.60. The van der Waals surface area contributed by atoms with Gasteiger partial charge in [-0.3, -0.25) is 9.36 Å². The Kier molecular flexibility index (Phi) is 5.56. The fraction of sp³-hybridized carbons (Fsp3) is 0.353. The fourth-order valence-corrected chi connectivity index (χ4v) is 2.47. The van der Waals surface area contributed by atoms with Crippen LogP contribution >= 0.6 is 12.2 Å². The lowest BCUT2D eigenvalue weighted by atomic mass is 10.2. The Morgan fingerprint density at radius 1 is 1.21 bits per heavy atom. The smallest absolute Gasteiger partial charge is 0.328 e. The first-order valence-electron chi connectivity index (χ1n) is 7.66. The molecule has 0 radical (unpaired) electrons. The first-order valence-corrected chi connectivity index (χ1v) is 8.07. The summed E-state index contributed by atoms with van der Waals surface area (Å²) in [5.74, 6) is -0.763. The van der Waals surface area contributed by atoms with E-state index in [1.807, 2.05) is 30.3 Å². The van der Waals surface area contributed by atoms with Gasteiger partial charge in [-0.2, -0.15) is 0 Å². The number of rotatable bonds is 5. The van der Waals surface area contributed by atoms with Gasteiger partial charge in [0.2, 0.25) is 0 Å². The molecule has 0 saturated heterocycles. The second-order valence-electron chi connectivity index (χ2n) is 5.73. The van der Waals surface area contributed by atoms with Gasteiger partial charge in [-0.1, -0.05) is 18.2 Å². The van der Waals surface area contributed by atoms with Crippen molar-refractivity contribution in [3.8, 4) is 5.69 Å². The highest BCUT2D eigenvalue weighted by Gasteiger charge is 2.27. The van der Waals surface area contributed by atoms with Crippen LogP contribution in [0.15, 0.2) is 36.5 Å². The van der Waals surface area contributed by atoms with Gasteiger partial charge in [-0.05, 0) is 45.1 Å². The van der Waals surface area contributed by atoms with E-state index in [-0.39, 0.29) is 12.0 Å². The van der Waals surface area contributed by atoms with E-state index in [4.69, 9.17) is 17.0 Å². The molecule has 0 fully saturated rings. The molecule has 1 N–H and O–H groups in total. The standard InChI is InChI=1S/C17H21N3O3S/c1-11(2)23-16(22)12(3)19(4)15(21)14-10-18-17(24)20(14)13-8-6-5-7-9-13/h5-12H,1-4H3,(H,18,24). The topological polar surface area (TPSA) is 67.3 Å². The van der Waals surface area contributed by atoms with Gasteiger partial charge in [-0.25, -0.2) is 4.79 Å².